The Kier molecular flexibility index (Phi) is 5.61. The molecule has 3 aliphatic rings. The summed E-state index contributed by atoms with van der Waals surface area (Å²) in [5.74, 6) is -0.0286. The van der Waals surface area contributed by atoms with Crippen molar-refractivity contribution in [3.8, 4) is 11.5 Å². The Morgan fingerprint density at radius 2 is 1.56 bits per heavy atom. The molecule has 8 heteroatoms. The zero-order valence-corrected chi connectivity index (χ0v) is 20.4. The highest BCUT2D eigenvalue weighted by atomic mass is 79.9. The highest BCUT2D eigenvalue weighted by molar-refractivity contribution is 9.12. The van der Waals surface area contributed by atoms with Gasteiger partial charge in [-0.05, 0) is 61.1 Å². The van der Waals surface area contributed by atoms with Crippen LogP contribution >= 0.6 is 31.9 Å². The van der Waals surface area contributed by atoms with Crippen LogP contribution in [0.1, 0.15) is 12.0 Å². The summed E-state index contributed by atoms with van der Waals surface area (Å²) in [7, 11) is 0. The zero-order chi connectivity index (χ0) is 22.6. The van der Waals surface area contributed by atoms with Crippen molar-refractivity contribution in [1.29, 1.82) is 0 Å². The van der Waals surface area contributed by atoms with Gasteiger partial charge in [-0.25, -0.2) is 4.79 Å². The average molecular weight is 563 g/mol. The second-order valence-electron chi connectivity index (χ2n) is 8.54. The number of carbonyl (C=O) groups is 3. The maximum Gasteiger partial charge on any atom is 0.349 e. The largest absolute Gasteiger partial charge is 0.482 e. The molecule has 0 spiro atoms. The van der Waals surface area contributed by atoms with Crippen LogP contribution in [0.5, 0.6) is 11.5 Å². The number of nitrogens with zero attached hydrogens (tertiary/aromatic N) is 1. The summed E-state index contributed by atoms with van der Waals surface area (Å²) in [5, 5.41) is 0. The standard InChI is InChI=1S/C24H21Br2NO5/c1-12-4-2-3-5-17(12)31-11-18(28)32-14-8-6-13(7-9-14)27-23(29)19-15-10-16(20(19)24(27)30)22(26)21(15)25/h2-9,15-16,19-22H,10-11H2,1H3/t15-,16-,19-,20+,21-,22+/m0/s1. The van der Waals surface area contributed by atoms with Gasteiger partial charge in [0.2, 0.25) is 11.8 Å². The number of ether oxygens (including phenoxy) is 2. The van der Waals surface area contributed by atoms with Gasteiger partial charge in [-0.3, -0.25) is 14.5 Å². The first-order valence-electron chi connectivity index (χ1n) is 10.5. The van der Waals surface area contributed by atoms with Crippen LogP contribution in [0.25, 0.3) is 0 Å². The van der Waals surface area contributed by atoms with Crippen LogP contribution in [0.15, 0.2) is 48.5 Å². The minimum atomic E-state index is -0.535. The van der Waals surface area contributed by atoms with Gasteiger partial charge < -0.3 is 9.47 Å². The van der Waals surface area contributed by atoms with Crippen molar-refractivity contribution in [3.63, 3.8) is 0 Å². The van der Waals surface area contributed by atoms with Gasteiger partial charge in [0.25, 0.3) is 0 Å². The predicted octanol–water partition coefficient (Wildman–Crippen LogP) is 4.26. The van der Waals surface area contributed by atoms with Gasteiger partial charge >= 0.3 is 5.97 Å². The molecule has 1 aliphatic heterocycles. The first kappa shape index (κ1) is 21.6. The number of benzene rings is 2. The lowest BCUT2D eigenvalue weighted by Crippen LogP contribution is -2.37. The second kappa shape index (κ2) is 8.30. The molecule has 166 valence electrons. The molecule has 5 rings (SSSR count). The second-order valence-corrected chi connectivity index (χ2v) is 10.7. The van der Waals surface area contributed by atoms with E-state index in [1.165, 1.54) is 4.90 Å². The smallest absolute Gasteiger partial charge is 0.349 e. The summed E-state index contributed by atoms with van der Waals surface area (Å²) in [6.07, 6.45) is 0.895. The molecule has 0 radical (unpaired) electrons. The molecule has 2 amide bonds. The quantitative estimate of drug-likeness (QED) is 0.236. The monoisotopic (exact) mass is 561 g/mol. The molecule has 6 nitrogen and oxygen atoms in total. The Morgan fingerprint density at radius 1 is 0.969 bits per heavy atom. The fourth-order valence-electron chi connectivity index (χ4n) is 5.28. The Morgan fingerprint density at radius 3 is 2.16 bits per heavy atom. The minimum absolute atomic E-state index is 0.132. The van der Waals surface area contributed by atoms with Crippen molar-refractivity contribution in [1.82, 2.24) is 0 Å². The van der Waals surface area contributed by atoms with Crippen LogP contribution in [0, 0.1) is 30.6 Å². The molecule has 0 unspecified atom stereocenters. The third-order valence-corrected chi connectivity index (χ3v) is 9.96. The normalized spacial score (nSPS) is 30.5. The van der Waals surface area contributed by atoms with Crippen molar-refractivity contribution < 1.29 is 23.9 Å². The van der Waals surface area contributed by atoms with E-state index in [2.05, 4.69) is 31.9 Å². The van der Waals surface area contributed by atoms with Gasteiger partial charge in [0, 0.05) is 9.65 Å². The van der Waals surface area contributed by atoms with Crippen LogP contribution < -0.4 is 14.4 Å². The lowest BCUT2D eigenvalue weighted by Gasteiger charge is -2.28. The van der Waals surface area contributed by atoms with E-state index in [0.717, 1.165) is 12.0 Å². The molecule has 1 saturated heterocycles. The summed E-state index contributed by atoms with van der Waals surface area (Å²) in [6, 6.07) is 13.9. The molecule has 2 saturated carbocycles. The Bertz CT molecular complexity index is 1060. The molecule has 3 fully saturated rings. The number of imide groups is 1. The molecule has 0 aromatic heterocycles. The summed E-state index contributed by atoms with van der Waals surface area (Å²) in [4.78, 5) is 40.1. The molecule has 2 aromatic carbocycles. The molecule has 32 heavy (non-hydrogen) atoms. The van der Waals surface area contributed by atoms with Gasteiger partial charge in [0.1, 0.15) is 11.5 Å². The SMILES string of the molecule is Cc1ccccc1OCC(=O)Oc1ccc(N2C(=O)[C@@H]3[C@@H]4C[C@H]([C@H](Br)[C@@H]4Br)[C@@H]3C2=O)cc1. The van der Waals surface area contributed by atoms with Crippen LogP contribution in [0.2, 0.25) is 0 Å². The molecular formula is C24H21Br2NO5. The van der Waals surface area contributed by atoms with Crippen molar-refractivity contribution in [3.05, 3.63) is 54.1 Å². The maximum atomic E-state index is 13.1. The first-order valence-corrected chi connectivity index (χ1v) is 12.3. The van der Waals surface area contributed by atoms with E-state index in [1.54, 1.807) is 30.3 Å². The van der Waals surface area contributed by atoms with Gasteiger partial charge in [-0.1, -0.05) is 50.1 Å². The van der Waals surface area contributed by atoms with Crippen molar-refractivity contribution in [2.24, 2.45) is 23.7 Å². The number of aryl methyl sites for hydroxylation is 1. The Balaban J connectivity index is 1.24. The summed E-state index contributed by atoms with van der Waals surface area (Å²) in [6.45, 7) is 1.68. The van der Waals surface area contributed by atoms with Gasteiger partial charge in [0.05, 0.1) is 17.5 Å². The summed E-state index contributed by atoms with van der Waals surface area (Å²) in [5.41, 5.74) is 1.43. The lowest BCUT2D eigenvalue weighted by atomic mass is 9.81. The van der Waals surface area contributed by atoms with Gasteiger partial charge in [-0.15, -0.1) is 0 Å². The van der Waals surface area contributed by atoms with Crippen molar-refractivity contribution in [2.45, 2.75) is 23.0 Å². The lowest BCUT2D eigenvalue weighted by molar-refractivity contribution is -0.136. The number of fused-ring (bicyclic) bond motifs is 5. The van der Waals surface area contributed by atoms with E-state index in [0.29, 0.717) is 17.2 Å². The van der Waals surface area contributed by atoms with E-state index in [1.807, 2.05) is 25.1 Å². The van der Waals surface area contributed by atoms with Crippen LogP contribution in [0.3, 0.4) is 0 Å². The summed E-state index contributed by atoms with van der Waals surface area (Å²) < 4.78 is 10.8. The average Bonchev–Trinajstić information content (AvgIpc) is 3.39. The van der Waals surface area contributed by atoms with E-state index in [9.17, 15) is 14.4 Å². The number of anilines is 1. The van der Waals surface area contributed by atoms with Crippen LogP contribution in [-0.2, 0) is 14.4 Å². The van der Waals surface area contributed by atoms with Gasteiger partial charge in [-0.2, -0.15) is 0 Å². The minimum Gasteiger partial charge on any atom is -0.482 e. The molecule has 2 bridgehead atoms. The zero-order valence-electron chi connectivity index (χ0n) is 17.2. The number of rotatable bonds is 5. The first-order chi connectivity index (χ1) is 15.4. The van der Waals surface area contributed by atoms with Crippen LogP contribution in [0.4, 0.5) is 5.69 Å². The topological polar surface area (TPSA) is 72.9 Å². The number of carbonyl (C=O) groups excluding carboxylic acids is 3. The van der Waals surface area contributed by atoms with E-state index in [4.69, 9.17) is 9.47 Å². The molecule has 6 atom stereocenters. The predicted molar refractivity (Wildman–Crippen MR) is 125 cm³/mol. The number of amides is 2. The number of hydrogen-bond acceptors (Lipinski definition) is 5. The van der Waals surface area contributed by atoms with Crippen LogP contribution in [-0.4, -0.2) is 34.0 Å². The Labute approximate surface area is 202 Å². The van der Waals surface area contributed by atoms with Gasteiger partial charge in [0.15, 0.2) is 6.61 Å². The number of hydrogen-bond donors (Lipinski definition) is 0. The molecular weight excluding hydrogens is 542 g/mol. The van der Waals surface area contributed by atoms with E-state index >= 15 is 0 Å². The number of esters is 1. The summed E-state index contributed by atoms with van der Waals surface area (Å²) >= 11 is 7.39. The van der Waals surface area contributed by atoms with E-state index in [-0.39, 0.29) is 51.7 Å². The van der Waals surface area contributed by atoms with E-state index < -0.39 is 5.97 Å². The number of halogens is 2. The highest BCUT2D eigenvalue weighted by Crippen LogP contribution is 2.60. The van der Waals surface area contributed by atoms with Crippen molar-refractivity contribution in [2.75, 3.05) is 11.5 Å². The Hall–Kier alpha value is -2.19. The number of alkyl halides is 2. The molecule has 2 aliphatic carbocycles. The molecule has 1 heterocycles. The fourth-order valence-corrected chi connectivity index (χ4v) is 7.16. The third-order valence-electron chi connectivity index (χ3n) is 6.75. The van der Waals surface area contributed by atoms with Crippen molar-refractivity contribution >= 4 is 55.3 Å². The fraction of sp³-hybridized carbons (Fsp3) is 0.375. The molecule has 0 N–H and O–H groups in total. The third kappa shape index (κ3) is 3.48. The highest BCUT2D eigenvalue weighted by Gasteiger charge is 2.66. The molecule has 2 aromatic rings. The number of para-hydroxylation sites is 1. The maximum absolute atomic E-state index is 13.1.